The highest BCUT2D eigenvalue weighted by Crippen LogP contribution is 2.38. The van der Waals surface area contributed by atoms with Gasteiger partial charge in [0.1, 0.15) is 18.3 Å². The Bertz CT molecular complexity index is 889. The van der Waals surface area contributed by atoms with Gasteiger partial charge in [0, 0.05) is 12.8 Å². The molecule has 2 fully saturated rings. The van der Waals surface area contributed by atoms with Crippen LogP contribution in [0.4, 0.5) is 0 Å². The summed E-state index contributed by atoms with van der Waals surface area (Å²) in [5.74, 6) is -0.0358. The van der Waals surface area contributed by atoms with Crippen LogP contribution in [0.3, 0.4) is 0 Å². The molecule has 0 aromatic rings. The van der Waals surface area contributed by atoms with E-state index in [2.05, 4.69) is 19.2 Å². The van der Waals surface area contributed by atoms with E-state index in [1.54, 1.807) is 0 Å². The Balaban J connectivity index is 1.47. The van der Waals surface area contributed by atoms with Crippen LogP contribution < -0.4 is 5.32 Å². The highest BCUT2D eigenvalue weighted by molar-refractivity contribution is 5.76. The van der Waals surface area contributed by atoms with Gasteiger partial charge in [-0.2, -0.15) is 0 Å². The van der Waals surface area contributed by atoms with Crippen LogP contribution in [0.15, 0.2) is 0 Å². The first-order chi connectivity index (χ1) is 28.0. The minimum atomic E-state index is -1.02. The lowest BCUT2D eigenvalue weighted by atomic mass is 9.92. The maximum absolute atomic E-state index is 13.0. The van der Waals surface area contributed by atoms with E-state index >= 15 is 0 Å². The molecule has 0 aromatic carbocycles. The minimum Gasteiger partial charge on any atom is -0.391 e. The molecular formula is C50H97NO6. The molecular weight excluding hydrogens is 711 g/mol. The zero-order valence-corrected chi connectivity index (χ0v) is 37.9. The smallest absolute Gasteiger partial charge is 0.220 e. The zero-order chi connectivity index (χ0) is 41.0. The lowest BCUT2D eigenvalue weighted by Crippen LogP contribution is -2.51. The first-order valence-electron chi connectivity index (χ1n) is 25.6. The maximum Gasteiger partial charge on any atom is 0.220 e. The van der Waals surface area contributed by atoms with E-state index in [0.717, 1.165) is 25.7 Å². The molecule has 7 nitrogen and oxygen atoms in total. The van der Waals surface area contributed by atoms with Crippen molar-refractivity contribution in [2.24, 2.45) is 0 Å². The quantitative estimate of drug-likeness (QED) is 0.0361. The molecule has 7 atom stereocenters. The molecule has 338 valence electrons. The van der Waals surface area contributed by atoms with Gasteiger partial charge < -0.3 is 30.1 Å². The van der Waals surface area contributed by atoms with E-state index in [1.807, 2.05) is 0 Å². The minimum absolute atomic E-state index is 0.0358. The van der Waals surface area contributed by atoms with Crippen molar-refractivity contribution in [3.8, 4) is 0 Å². The lowest BCUT2D eigenvalue weighted by molar-refractivity contribution is -0.128. The predicted octanol–water partition coefficient (Wildman–Crippen LogP) is 13.0. The Morgan fingerprint density at radius 3 is 1.28 bits per heavy atom. The summed E-state index contributed by atoms with van der Waals surface area (Å²) in [5.41, 5.74) is 0. The molecule has 4 N–H and O–H groups in total. The molecule has 0 aromatic heterocycles. The van der Waals surface area contributed by atoms with Crippen molar-refractivity contribution < 1.29 is 29.6 Å². The van der Waals surface area contributed by atoms with Crippen molar-refractivity contribution in [1.82, 2.24) is 5.32 Å². The van der Waals surface area contributed by atoms with Crippen LogP contribution in [0.2, 0.25) is 0 Å². The number of carbonyl (C=O) groups is 1. The normalized spacial score (nSPS) is 21.4. The zero-order valence-electron chi connectivity index (χ0n) is 37.9. The molecule has 1 saturated heterocycles. The molecule has 2 rings (SSSR count). The fourth-order valence-electron chi connectivity index (χ4n) is 8.99. The molecule has 0 bridgehead atoms. The molecule has 1 aliphatic heterocycles. The molecule has 0 radical (unpaired) electrons. The molecule has 1 heterocycles. The van der Waals surface area contributed by atoms with Crippen LogP contribution in [-0.4, -0.2) is 70.5 Å². The van der Waals surface area contributed by atoms with Crippen LogP contribution in [0.25, 0.3) is 0 Å². The van der Waals surface area contributed by atoms with Gasteiger partial charge in [-0.1, -0.05) is 239 Å². The summed E-state index contributed by atoms with van der Waals surface area (Å²) in [6.07, 6.45) is 45.8. The number of amides is 1. The van der Waals surface area contributed by atoms with Gasteiger partial charge >= 0.3 is 0 Å². The van der Waals surface area contributed by atoms with E-state index in [1.165, 1.54) is 205 Å². The Labute approximate surface area is 353 Å². The molecule has 57 heavy (non-hydrogen) atoms. The number of aliphatic hydroxyl groups is 3. The predicted molar refractivity (Wildman–Crippen MR) is 240 cm³/mol. The lowest BCUT2D eigenvalue weighted by Gasteiger charge is -2.32. The summed E-state index contributed by atoms with van der Waals surface area (Å²) in [6, 6.07) is -0.526. The average Bonchev–Trinajstić information content (AvgIpc) is 4.00. The van der Waals surface area contributed by atoms with E-state index < -0.39 is 30.5 Å². The van der Waals surface area contributed by atoms with Crippen LogP contribution in [0.1, 0.15) is 264 Å². The Kier molecular flexibility index (Phi) is 34.1. The number of rotatable bonds is 43. The van der Waals surface area contributed by atoms with E-state index in [-0.39, 0.29) is 24.7 Å². The van der Waals surface area contributed by atoms with Crippen molar-refractivity contribution >= 4 is 5.91 Å². The summed E-state index contributed by atoms with van der Waals surface area (Å²) in [5, 5.41) is 35.1. The summed E-state index contributed by atoms with van der Waals surface area (Å²) in [7, 11) is 0. The number of aliphatic hydroxyl groups excluding tert-OH is 3. The van der Waals surface area contributed by atoms with Gasteiger partial charge in [-0.15, -0.1) is 0 Å². The fraction of sp³-hybridized carbons (Fsp3) is 0.980. The summed E-state index contributed by atoms with van der Waals surface area (Å²) in [4.78, 5) is 13.0. The number of unbranched alkanes of at least 4 members (excludes halogenated alkanes) is 34. The second-order valence-corrected chi connectivity index (χ2v) is 18.5. The van der Waals surface area contributed by atoms with E-state index in [9.17, 15) is 20.1 Å². The number of hydrogen-bond donors (Lipinski definition) is 4. The highest BCUT2D eigenvalue weighted by Gasteiger charge is 2.55. The van der Waals surface area contributed by atoms with Crippen LogP contribution in [-0.2, 0) is 14.3 Å². The van der Waals surface area contributed by atoms with Crippen LogP contribution >= 0.6 is 0 Å². The molecule has 7 heteroatoms. The molecule has 2 aliphatic rings. The van der Waals surface area contributed by atoms with Gasteiger partial charge in [0.25, 0.3) is 0 Å². The SMILES string of the molecule is CCCCCCCCCCCCCCCCCCCCCCCCCC(=O)NC(COC1CC2OC2C(O)C1O)C(O)CCCCCCCCCCCCCCC. The molecule has 7 unspecified atom stereocenters. The van der Waals surface area contributed by atoms with Gasteiger partial charge in [0.2, 0.25) is 5.91 Å². The second kappa shape index (κ2) is 37.1. The monoisotopic (exact) mass is 808 g/mol. The van der Waals surface area contributed by atoms with E-state index in [0.29, 0.717) is 19.3 Å². The number of nitrogens with one attached hydrogen (secondary N) is 1. The van der Waals surface area contributed by atoms with Crippen molar-refractivity contribution in [2.45, 2.75) is 307 Å². The second-order valence-electron chi connectivity index (χ2n) is 18.5. The Morgan fingerprint density at radius 2 is 0.895 bits per heavy atom. The third-order valence-corrected chi connectivity index (χ3v) is 13.1. The summed E-state index contributed by atoms with van der Waals surface area (Å²) in [6.45, 7) is 4.68. The van der Waals surface area contributed by atoms with Gasteiger partial charge in [-0.3, -0.25) is 4.79 Å². The Morgan fingerprint density at radius 1 is 0.544 bits per heavy atom. The van der Waals surface area contributed by atoms with Crippen LogP contribution in [0.5, 0.6) is 0 Å². The fourth-order valence-corrected chi connectivity index (χ4v) is 8.99. The van der Waals surface area contributed by atoms with Gasteiger partial charge in [0.05, 0.1) is 31.0 Å². The topological polar surface area (TPSA) is 112 Å². The Hall–Kier alpha value is -0.730. The summed E-state index contributed by atoms with van der Waals surface area (Å²) >= 11 is 0. The third-order valence-electron chi connectivity index (χ3n) is 13.1. The summed E-state index contributed by atoms with van der Waals surface area (Å²) < 4.78 is 11.5. The van der Waals surface area contributed by atoms with Crippen molar-refractivity contribution in [1.29, 1.82) is 0 Å². The largest absolute Gasteiger partial charge is 0.391 e. The van der Waals surface area contributed by atoms with E-state index in [4.69, 9.17) is 9.47 Å². The van der Waals surface area contributed by atoms with Gasteiger partial charge in [-0.25, -0.2) is 0 Å². The number of hydrogen-bond acceptors (Lipinski definition) is 6. The molecule has 1 amide bonds. The number of fused-ring (bicyclic) bond motifs is 1. The number of ether oxygens (including phenoxy) is 2. The highest BCUT2D eigenvalue weighted by atomic mass is 16.6. The van der Waals surface area contributed by atoms with Crippen molar-refractivity contribution in [3.63, 3.8) is 0 Å². The molecule has 0 spiro atoms. The van der Waals surface area contributed by atoms with Crippen molar-refractivity contribution in [2.75, 3.05) is 6.61 Å². The number of carbonyl (C=O) groups excluding carboxylic acids is 1. The first-order valence-corrected chi connectivity index (χ1v) is 25.6. The number of epoxide rings is 1. The van der Waals surface area contributed by atoms with Crippen LogP contribution in [0, 0.1) is 0 Å². The maximum atomic E-state index is 13.0. The van der Waals surface area contributed by atoms with Gasteiger partial charge in [0.15, 0.2) is 0 Å². The van der Waals surface area contributed by atoms with Gasteiger partial charge in [-0.05, 0) is 12.8 Å². The first kappa shape index (κ1) is 52.4. The standard InChI is InChI=1S/C50H97NO6/c1-3-5-7-9-11-13-15-17-18-19-20-21-22-23-24-25-26-28-30-32-34-36-38-40-47(53)51-43(42-56-45-41-46-50(57-46)49(55)48(45)54)44(52)39-37-35-33-31-29-27-16-14-12-10-8-6-4-2/h43-46,48-50,52,54-55H,3-42H2,1-2H3,(H,51,53). The molecule has 1 saturated carbocycles. The molecule has 1 aliphatic carbocycles. The average molecular weight is 808 g/mol. The third kappa shape index (κ3) is 28.4. The van der Waals surface area contributed by atoms with Crippen molar-refractivity contribution in [3.05, 3.63) is 0 Å².